The number of H-pyrrole nitrogens is 1. The number of para-hydroxylation sites is 1. The van der Waals surface area contributed by atoms with Crippen LogP contribution in [0.15, 0.2) is 83.7 Å². The number of nitro benzene ring substituents is 1. The summed E-state index contributed by atoms with van der Waals surface area (Å²) in [5.74, 6) is -0.940. The molecule has 0 unspecified atom stereocenters. The van der Waals surface area contributed by atoms with E-state index in [0.29, 0.717) is 29.8 Å². The zero-order chi connectivity index (χ0) is 27.2. The number of Topliss-reactive ketones (excluding diaryl/α,β-unsaturated/α-hetero) is 1. The molecular formula is C29H28N4O5. The fourth-order valence-electron chi connectivity index (χ4n) is 4.39. The predicted molar refractivity (Wildman–Crippen MR) is 145 cm³/mol. The number of aryl methyl sites for hydroxylation is 1. The number of hydrogen-bond donors (Lipinski definition) is 1. The van der Waals surface area contributed by atoms with Crippen LogP contribution in [0.2, 0.25) is 0 Å². The number of carbonyl (C=O) groups excluding carboxylic acids is 2. The van der Waals surface area contributed by atoms with Crippen molar-refractivity contribution in [3.05, 3.63) is 116 Å². The molecule has 0 aliphatic carbocycles. The molecule has 0 saturated carbocycles. The topological polar surface area (TPSA) is 118 Å². The lowest BCUT2D eigenvalue weighted by Gasteiger charge is -2.21. The van der Waals surface area contributed by atoms with E-state index >= 15 is 0 Å². The third kappa shape index (κ3) is 5.31. The fraction of sp³-hybridized carbons (Fsp3) is 0.207. The van der Waals surface area contributed by atoms with E-state index in [0.717, 1.165) is 5.56 Å². The monoisotopic (exact) mass is 512 g/mol. The Morgan fingerprint density at radius 2 is 1.61 bits per heavy atom. The lowest BCUT2D eigenvalue weighted by atomic mass is 10.0. The predicted octanol–water partition coefficient (Wildman–Crippen LogP) is 5.04. The number of benzene rings is 3. The van der Waals surface area contributed by atoms with Gasteiger partial charge in [-0.3, -0.25) is 29.6 Å². The molecule has 1 aromatic heterocycles. The van der Waals surface area contributed by atoms with Crippen molar-refractivity contribution < 1.29 is 14.5 Å². The second-order valence-corrected chi connectivity index (χ2v) is 8.80. The highest BCUT2D eigenvalue weighted by molar-refractivity contribution is 6.05. The Labute approximate surface area is 219 Å². The minimum atomic E-state index is -0.541. The molecule has 0 fully saturated rings. The van der Waals surface area contributed by atoms with Gasteiger partial charge in [-0.1, -0.05) is 62.4 Å². The van der Waals surface area contributed by atoms with Gasteiger partial charge in [0.2, 0.25) is 0 Å². The number of aromatic amines is 1. The molecule has 4 aromatic rings. The molecule has 1 N–H and O–H groups in total. The summed E-state index contributed by atoms with van der Waals surface area (Å²) in [5, 5.41) is 14.1. The minimum Gasteiger partial charge on any atom is -0.331 e. The van der Waals surface area contributed by atoms with Gasteiger partial charge < -0.3 is 4.90 Å². The summed E-state index contributed by atoms with van der Waals surface area (Å²) in [5.41, 5.74) is 2.22. The molecule has 1 heterocycles. The molecule has 9 heteroatoms. The van der Waals surface area contributed by atoms with Crippen LogP contribution in [0.1, 0.15) is 46.5 Å². The molecule has 0 bridgehead atoms. The van der Waals surface area contributed by atoms with Gasteiger partial charge in [0.05, 0.1) is 22.8 Å². The average Bonchev–Trinajstić information content (AvgIpc) is 3.29. The van der Waals surface area contributed by atoms with Gasteiger partial charge in [0, 0.05) is 29.8 Å². The van der Waals surface area contributed by atoms with Crippen LogP contribution in [0, 0.1) is 10.1 Å². The summed E-state index contributed by atoms with van der Waals surface area (Å²) < 4.78 is 1.39. The number of non-ortho nitro benzene ring substituents is 1. The standard InChI is InChI=1S/C29H28N4O5/c1-3-18-31(28(35)22-14-16-23(17-15-22)33(37)38)19-25(34)26-27(21-11-6-5-7-12-21)30-32(29(26)36)24-13-9-8-10-20(24)4-2/h5-17,30H,3-4,18-19H2,1-2H3. The highest BCUT2D eigenvalue weighted by Crippen LogP contribution is 2.23. The maximum atomic E-state index is 13.7. The number of carbonyl (C=O) groups is 2. The van der Waals surface area contributed by atoms with Crippen LogP contribution >= 0.6 is 0 Å². The minimum absolute atomic E-state index is 0.0280. The summed E-state index contributed by atoms with van der Waals surface area (Å²) in [6.45, 7) is 3.83. The number of rotatable bonds is 10. The van der Waals surface area contributed by atoms with Crippen molar-refractivity contribution in [2.45, 2.75) is 26.7 Å². The van der Waals surface area contributed by atoms with Crippen molar-refractivity contribution in [3.8, 4) is 16.9 Å². The van der Waals surface area contributed by atoms with Crippen LogP contribution in [0.3, 0.4) is 0 Å². The smallest absolute Gasteiger partial charge is 0.282 e. The first kappa shape index (κ1) is 26.3. The Balaban J connectivity index is 1.75. The van der Waals surface area contributed by atoms with Crippen LogP contribution in [0.25, 0.3) is 16.9 Å². The number of hydrogen-bond acceptors (Lipinski definition) is 5. The fourth-order valence-corrected chi connectivity index (χ4v) is 4.39. The SMILES string of the molecule is CCCN(CC(=O)c1c(-c2ccccc2)[nH]n(-c2ccccc2CC)c1=O)C(=O)c1ccc([N+](=O)[O-])cc1. The van der Waals surface area contributed by atoms with Crippen molar-refractivity contribution in [2.24, 2.45) is 0 Å². The van der Waals surface area contributed by atoms with Gasteiger partial charge in [0.1, 0.15) is 5.56 Å². The van der Waals surface area contributed by atoms with Gasteiger partial charge in [-0.25, -0.2) is 4.68 Å². The van der Waals surface area contributed by atoms with E-state index < -0.39 is 22.2 Å². The van der Waals surface area contributed by atoms with Gasteiger partial charge in [0.25, 0.3) is 17.2 Å². The van der Waals surface area contributed by atoms with E-state index in [2.05, 4.69) is 5.10 Å². The molecular weight excluding hydrogens is 484 g/mol. The van der Waals surface area contributed by atoms with E-state index in [1.54, 1.807) is 0 Å². The van der Waals surface area contributed by atoms with Crippen LogP contribution in [0.5, 0.6) is 0 Å². The van der Waals surface area contributed by atoms with Gasteiger partial charge in [0.15, 0.2) is 5.78 Å². The maximum absolute atomic E-state index is 13.7. The van der Waals surface area contributed by atoms with Crippen LogP contribution in [-0.4, -0.2) is 44.4 Å². The lowest BCUT2D eigenvalue weighted by Crippen LogP contribution is -2.37. The van der Waals surface area contributed by atoms with Gasteiger partial charge in [-0.2, -0.15) is 0 Å². The third-order valence-corrected chi connectivity index (χ3v) is 6.29. The van der Waals surface area contributed by atoms with Crippen LogP contribution in [0.4, 0.5) is 5.69 Å². The first-order chi connectivity index (χ1) is 18.3. The third-order valence-electron chi connectivity index (χ3n) is 6.29. The molecule has 4 rings (SSSR count). The molecule has 0 saturated heterocycles. The Morgan fingerprint density at radius 3 is 2.24 bits per heavy atom. The molecule has 0 atom stereocenters. The summed E-state index contributed by atoms with van der Waals surface area (Å²) >= 11 is 0. The first-order valence-electron chi connectivity index (χ1n) is 12.4. The number of nitrogens with zero attached hydrogens (tertiary/aromatic N) is 3. The molecule has 0 aliphatic heterocycles. The molecule has 9 nitrogen and oxygen atoms in total. The molecule has 0 spiro atoms. The van der Waals surface area contributed by atoms with Crippen LogP contribution < -0.4 is 5.56 Å². The van der Waals surface area contributed by atoms with Gasteiger partial charge >= 0.3 is 0 Å². The molecule has 38 heavy (non-hydrogen) atoms. The molecule has 1 amide bonds. The molecule has 0 aliphatic rings. The van der Waals surface area contributed by atoms with E-state index in [1.807, 2.05) is 68.4 Å². The van der Waals surface area contributed by atoms with E-state index in [9.17, 15) is 24.5 Å². The average molecular weight is 513 g/mol. The molecule has 3 aromatic carbocycles. The van der Waals surface area contributed by atoms with Crippen molar-refractivity contribution >= 4 is 17.4 Å². The maximum Gasteiger partial charge on any atom is 0.282 e. The number of nitro groups is 1. The van der Waals surface area contributed by atoms with E-state index in [4.69, 9.17) is 0 Å². The molecule has 0 radical (unpaired) electrons. The zero-order valence-electron chi connectivity index (χ0n) is 21.2. The number of ketones is 1. The second kappa shape index (κ2) is 11.5. The highest BCUT2D eigenvalue weighted by Gasteiger charge is 2.27. The van der Waals surface area contributed by atoms with Crippen molar-refractivity contribution in [1.82, 2.24) is 14.7 Å². The number of nitrogens with one attached hydrogen (secondary N) is 1. The van der Waals surface area contributed by atoms with Crippen molar-refractivity contribution in [2.75, 3.05) is 13.1 Å². The van der Waals surface area contributed by atoms with Crippen molar-refractivity contribution in [3.63, 3.8) is 0 Å². The largest absolute Gasteiger partial charge is 0.331 e. The Bertz CT molecular complexity index is 1520. The van der Waals surface area contributed by atoms with E-state index in [-0.39, 0.29) is 29.9 Å². The van der Waals surface area contributed by atoms with Crippen LogP contribution in [-0.2, 0) is 6.42 Å². The van der Waals surface area contributed by atoms with Gasteiger partial charge in [-0.05, 0) is 36.6 Å². The quantitative estimate of drug-likeness (QED) is 0.181. The van der Waals surface area contributed by atoms with Gasteiger partial charge in [-0.15, -0.1) is 0 Å². The Morgan fingerprint density at radius 1 is 0.947 bits per heavy atom. The second-order valence-electron chi connectivity index (χ2n) is 8.80. The summed E-state index contributed by atoms with van der Waals surface area (Å²) in [6, 6.07) is 21.8. The number of aromatic nitrogens is 2. The first-order valence-corrected chi connectivity index (χ1v) is 12.4. The summed E-state index contributed by atoms with van der Waals surface area (Å²) in [7, 11) is 0. The number of amides is 1. The Kier molecular flexibility index (Phi) is 7.96. The summed E-state index contributed by atoms with van der Waals surface area (Å²) in [4.78, 5) is 52.5. The Hall–Kier alpha value is -4.79. The summed E-state index contributed by atoms with van der Waals surface area (Å²) in [6.07, 6.45) is 1.28. The zero-order valence-corrected chi connectivity index (χ0v) is 21.2. The normalized spacial score (nSPS) is 10.8. The highest BCUT2D eigenvalue weighted by atomic mass is 16.6. The van der Waals surface area contributed by atoms with Crippen molar-refractivity contribution in [1.29, 1.82) is 0 Å². The molecule has 194 valence electrons. The lowest BCUT2D eigenvalue weighted by molar-refractivity contribution is -0.384. The van der Waals surface area contributed by atoms with E-state index in [1.165, 1.54) is 33.8 Å².